The number of carbonyl (C=O) groups is 1. The van der Waals surface area contributed by atoms with Gasteiger partial charge in [0.1, 0.15) is 5.60 Å². The van der Waals surface area contributed by atoms with E-state index in [1.807, 2.05) is 25.7 Å². The number of unbranched alkanes of at least 4 members (excludes halogenated alkanes) is 10. The van der Waals surface area contributed by atoms with Gasteiger partial charge in [0.15, 0.2) is 0 Å². The van der Waals surface area contributed by atoms with Gasteiger partial charge in [-0.1, -0.05) is 77.6 Å². The Balaban J connectivity index is 2.18. The highest BCUT2D eigenvalue weighted by atomic mass is 16.6. The Bertz CT molecular complexity index is 388. The van der Waals surface area contributed by atoms with Gasteiger partial charge in [0, 0.05) is 12.1 Å². The highest BCUT2D eigenvalue weighted by Gasteiger charge is 2.34. The summed E-state index contributed by atoms with van der Waals surface area (Å²) in [6.07, 6.45) is 19.6. The summed E-state index contributed by atoms with van der Waals surface area (Å²) in [7, 11) is 0. The summed E-state index contributed by atoms with van der Waals surface area (Å²) in [5.74, 6) is 0. The topological polar surface area (TPSA) is 29.5 Å². The van der Waals surface area contributed by atoms with Crippen molar-refractivity contribution in [2.75, 3.05) is 0 Å². The van der Waals surface area contributed by atoms with Crippen LogP contribution in [0.25, 0.3) is 0 Å². The van der Waals surface area contributed by atoms with Gasteiger partial charge in [-0.2, -0.15) is 0 Å². The Morgan fingerprint density at radius 2 is 1.41 bits per heavy atom. The standard InChI is InChI=1S/C24H47NO2/c1-6-7-8-9-10-11-12-13-14-15-16-19-22-20-17-18-21(2)25(22)23(26)27-24(3,4)5/h21-22H,6-20H2,1-5H3/t21-,22-/m0/s1. The first-order valence-corrected chi connectivity index (χ1v) is 11.9. The van der Waals surface area contributed by atoms with Crippen molar-refractivity contribution in [3.8, 4) is 0 Å². The molecule has 0 aromatic carbocycles. The van der Waals surface area contributed by atoms with Gasteiger partial charge in [-0.15, -0.1) is 0 Å². The molecule has 3 heteroatoms. The average molecular weight is 382 g/mol. The zero-order chi connectivity index (χ0) is 20.1. The van der Waals surface area contributed by atoms with Crippen molar-refractivity contribution in [3.63, 3.8) is 0 Å². The van der Waals surface area contributed by atoms with E-state index in [0.29, 0.717) is 12.1 Å². The van der Waals surface area contributed by atoms with Crippen LogP contribution in [-0.2, 0) is 4.74 Å². The number of hydrogen-bond acceptors (Lipinski definition) is 2. The lowest BCUT2D eigenvalue weighted by molar-refractivity contribution is -0.00430. The van der Waals surface area contributed by atoms with Crippen molar-refractivity contribution in [3.05, 3.63) is 0 Å². The molecular weight excluding hydrogens is 334 g/mol. The first kappa shape index (κ1) is 24.3. The monoisotopic (exact) mass is 381 g/mol. The van der Waals surface area contributed by atoms with Crippen LogP contribution in [0.1, 0.15) is 131 Å². The Kier molecular flexibility index (Phi) is 12.1. The molecule has 1 aliphatic heterocycles. The molecule has 1 saturated heterocycles. The molecule has 2 atom stereocenters. The molecule has 1 fully saturated rings. The van der Waals surface area contributed by atoms with E-state index in [4.69, 9.17) is 4.74 Å². The molecule has 0 aliphatic carbocycles. The van der Waals surface area contributed by atoms with E-state index < -0.39 is 5.60 Å². The SMILES string of the molecule is CCCCCCCCCCCCC[C@H]1CCC[C@H](C)N1C(=O)OC(C)(C)C. The maximum atomic E-state index is 12.6. The second-order valence-corrected chi connectivity index (χ2v) is 9.65. The van der Waals surface area contributed by atoms with Crippen molar-refractivity contribution in [2.24, 2.45) is 0 Å². The molecular formula is C24H47NO2. The molecule has 0 unspecified atom stereocenters. The van der Waals surface area contributed by atoms with Gasteiger partial charge in [-0.3, -0.25) is 0 Å². The van der Waals surface area contributed by atoms with Crippen LogP contribution in [0.15, 0.2) is 0 Å². The Morgan fingerprint density at radius 1 is 0.889 bits per heavy atom. The van der Waals surface area contributed by atoms with Gasteiger partial charge in [-0.05, 0) is 53.4 Å². The third-order valence-corrected chi connectivity index (χ3v) is 5.77. The predicted octanol–water partition coefficient (Wildman–Crippen LogP) is 7.87. The van der Waals surface area contributed by atoms with Crippen LogP contribution in [0.4, 0.5) is 4.79 Å². The van der Waals surface area contributed by atoms with Crippen molar-refractivity contribution in [1.29, 1.82) is 0 Å². The minimum Gasteiger partial charge on any atom is -0.444 e. The highest BCUT2D eigenvalue weighted by Crippen LogP contribution is 2.28. The maximum Gasteiger partial charge on any atom is 0.410 e. The van der Waals surface area contributed by atoms with Gasteiger partial charge in [-0.25, -0.2) is 4.79 Å². The number of piperidine rings is 1. The van der Waals surface area contributed by atoms with Crippen LogP contribution < -0.4 is 0 Å². The Labute approximate surface area is 169 Å². The van der Waals surface area contributed by atoms with Gasteiger partial charge < -0.3 is 9.64 Å². The lowest BCUT2D eigenvalue weighted by atomic mass is 9.93. The molecule has 27 heavy (non-hydrogen) atoms. The molecule has 0 aromatic rings. The van der Waals surface area contributed by atoms with Crippen LogP contribution in [0.2, 0.25) is 0 Å². The van der Waals surface area contributed by atoms with E-state index in [1.165, 1.54) is 77.0 Å². The molecule has 0 saturated carbocycles. The summed E-state index contributed by atoms with van der Waals surface area (Å²) in [6, 6.07) is 0.688. The first-order chi connectivity index (χ1) is 12.8. The zero-order valence-electron chi connectivity index (χ0n) is 19.0. The van der Waals surface area contributed by atoms with Gasteiger partial charge >= 0.3 is 6.09 Å². The minimum atomic E-state index is -0.407. The second kappa shape index (κ2) is 13.4. The number of amides is 1. The van der Waals surface area contributed by atoms with Crippen molar-refractivity contribution in [2.45, 2.75) is 149 Å². The fourth-order valence-corrected chi connectivity index (χ4v) is 4.26. The Morgan fingerprint density at radius 3 is 1.93 bits per heavy atom. The van der Waals surface area contributed by atoms with Crippen molar-refractivity contribution >= 4 is 6.09 Å². The molecule has 1 amide bonds. The molecule has 1 aliphatic rings. The van der Waals surface area contributed by atoms with E-state index in [9.17, 15) is 4.79 Å². The van der Waals surface area contributed by atoms with E-state index in [0.717, 1.165) is 19.3 Å². The molecule has 1 heterocycles. The lowest BCUT2D eigenvalue weighted by Crippen LogP contribution is -2.50. The van der Waals surface area contributed by atoms with E-state index in [1.54, 1.807) is 0 Å². The molecule has 0 aromatic heterocycles. The largest absolute Gasteiger partial charge is 0.444 e. The first-order valence-electron chi connectivity index (χ1n) is 11.9. The van der Waals surface area contributed by atoms with Crippen molar-refractivity contribution < 1.29 is 9.53 Å². The quantitative estimate of drug-likeness (QED) is 0.322. The van der Waals surface area contributed by atoms with E-state index in [-0.39, 0.29) is 6.09 Å². The summed E-state index contributed by atoms with van der Waals surface area (Å²) in [5.41, 5.74) is -0.407. The zero-order valence-corrected chi connectivity index (χ0v) is 19.0. The number of rotatable bonds is 12. The van der Waals surface area contributed by atoms with Gasteiger partial charge in [0.05, 0.1) is 0 Å². The minimum absolute atomic E-state index is 0.109. The summed E-state index contributed by atoms with van der Waals surface area (Å²) in [4.78, 5) is 14.7. The van der Waals surface area contributed by atoms with Gasteiger partial charge in [0.2, 0.25) is 0 Å². The molecule has 0 bridgehead atoms. The molecule has 3 nitrogen and oxygen atoms in total. The summed E-state index contributed by atoms with van der Waals surface area (Å²) in [6.45, 7) is 10.3. The second-order valence-electron chi connectivity index (χ2n) is 9.65. The van der Waals surface area contributed by atoms with Crippen LogP contribution in [0.5, 0.6) is 0 Å². The third-order valence-electron chi connectivity index (χ3n) is 5.77. The fraction of sp³-hybridized carbons (Fsp3) is 0.958. The number of carbonyl (C=O) groups excluding carboxylic acids is 1. The lowest BCUT2D eigenvalue weighted by Gasteiger charge is -2.41. The van der Waals surface area contributed by atoms with E-state index in [2.05, 4.69) is 13.8 Å². The predicted molar refractivity (Wildman–Crippen MR) is 116 cm³/mol. The maximum absolute atomic E-state index is 12.6. The number of hydrogen-bond donors (Lipinski definition) is 0. The van der Waals surface area contributed by atoms with Crippen molar-refractivity contribution in [1.82, 2.24) is 4.90 Å². The van der Waals surface area contributed by atoms with E-state index >= 15 is 0 Å². The van der Waals surface area contributed by atoms with Crippen LogP contribution in [-0.4, -0.2) is 28.7 Å². The third kappa shape index (κ3) is 11.0. The highest BCUT2D eigenvalue weighted by molar-refractivity contribution is 5.69. The fourth-order valence-electron chi connectivity index (χ4n) is 4.26. The number of ether oxygens (including phenoxy) is 1. The summed E-state index contributed by atoms with van der Waals surface area (Å²) >= 11 is 0. The van der Waals surface area contributed by atoms with Crippen LogP contribution in [0.3, 0.4) is 0 Å². The van der Waals surface area contributed by atoms with Crippen LogP contribution >= 0.6 is 0 Å². The molecule has 0 spiro atoms. The Hall–Kier alpha value is -0.730. The summed E-state index contributed by atoms with van der Waals surface area (Å²) in [5, 5.41) is 0. The molecule has 0 N–H and O–H groups in total. The normalized spacial score (nSPS) is 20.7. The number of likely N-dealkylation sites (tertiary alicyclic amines) is 1. The molecule has 1 rings (SSSR count). The average Bonchev–Trinajstić information content (AvgIpc) is 2.58. The summed E-state index contributed by atoms with van der Waals surface area (Å²) < 4.78 is 5.67. The molecule has 0 radical (unpaired) electrons. The molecule has 160 valence electrons. The number of nitrogens with zero attached hydrogens (tertiary/aromatic N) is 1. The smallest absolute Gasteiger partial charge is 0.410 e. The van der Waals surface area contributed by atoms with Crippen LogP contribution in [0, 0.1) is 0 Å². The van der Waals surface area contributed by atoms with Gasteiger partial charge in [0.25, 0.3) is 0 Å².